The molecule has 49 heavy (non-hydrogen) atoms. The van der Waals surface area contributed by atoms with Gasteiger partial charge in [-0.3, -0.25) is 18.7 Å². The Morgan fingerprint density at radius 3 is 1.16 bits per heavy atom. The number of anilines is 1. The minimum Gasteiger partial charge on any atom is -0.382 e. The first kappa shape index (κ1) is 42.9. The van der Waals surface area contributed by atoms with Crippen LogP contribution >= 0.6 is 10.7 Å². The molecule has 0 unspecified atom stereocenters. The Morgan fingerprint density at radius 2 is 0.959 bits per heavy atom. The zero-order valence-corrected chi connectivity index (χ0v) is 32.1. The number of hydrogen-bond donors (Lipinski definition) is 3. The molecule has 4 heterocycles. The Kier molecular flexibility index (Phi) is 14.5. The van der Waals surface area contributed by atoms with Crippen molar-refractivity contribution < 1.29 is 25.3 Å². The Balaban J connectivity index is 0.000000328. The molecule has 4 aromatic heterocycles. The predicted octanol–water partition coefficient (Wildman–Crippen LogP) is 2.71. The normalized spacial score (nSPS) is 11.4. The van der Waals surface area contributed by atoms with Crippen LogP contribution in [0.15, 0.2) is 59.1 Å². The van der Waals surface area contributed by atoms with Gasteiger partial charge in [0.2, 0.25) is 0 Å². The zero-order valence-electron chi connectivity index (χ0n) is 28.9. The quantitative estimate of drug-likeness (QED) is 0.231. The molecule has 0 atom stereocenters. The maximum absolute atomic E-state index is 10.9. The molecule has 4 aromatic rings. The number of sulfonamides is 2. The van der Waals surface area contributed by atoms with Gasteiger partial charge in [0.1, 0.15) is 5.82 Å². The van der Waals surface area contributed by atoms with Crippen molar-refractivity contribution in [1.82, 2.24) is 39.1 Å². The van der Waals surface area contributed by atoms with Crippen LogP contribution in [0.5, 0.6) is 0 Å². The average molecular weight is 762 g/mol. The predicted molar refractivity (Wildman–Crippen MR) is 191 cm³/mol. The number of hydrogen-bond acceptors (Lipinski definition) is 11. The van der Waals surface area contributed by atoms with Crippen LogP contribution in [0.2, 0.25) is 0 Å². The SMILES string of the molecule is C=C(C)c1cc(N)nn1C.C=C(C)c1cc(S(=O)(=O)Cl)nn1C.C=C(C)c1cc(S(N)(=O)=O)nn1C.CC(C)c1cc(S(N)(=O)=O)nn1C. The Morgan fingerprint density at radius 1 is 0.633 bits per heavy atom. The van der Waals surface area contributed by atoms with Gasteiger partial charge >= 0.3 is 0 Å². The van der Waals surface area contributed by atoms with Gasteiger partial charge in [-0.2, -0.15) is 20.4 Å². The number of nitrogens with two attached hydrogens (primary N) is 3. The second-order valence-corrected chi connectivity index (χ2v) is 16.6. The van der Waals surface area contributed by atoms with Crippen LogP contribution in [0.1, 0.15) is 63.3 Å². The first-order valence-electron chi connectivity index (χ1n) is 14.0. The van der Waals surface area contributed by atoms with E-state index in [0.29, 0.717) is 17.2 Å². The summed E-state index contributed by atoms with van der Waals surface area (Å²) in [5.41, 5.74) is 11.0. The lowest BCUT2D eigenvalue weighted by Gasteiger charge is -2.02. The number of halogens is 1. The van der Waals surface area contributed by atoms with Crippen molar-refractivity contribution in [2.24, 2.45) is 38.5 Å². The number of nitrogens with zero attached hydrogens (tertiary/aromatic N) is 8. The molecule has 272 valence electrons. The van der Waals surface area contributed by atoms with Crippen LogP contribution in [0.3, 0.4) is 0 Å². The summed E-state index contributed by atoms with van der Waals surface area (Å²) in [5.74, 6) is 0.772. The minimum atomic E-state index is -3.74. The van der Waals surface area contributed by atoms with Gasteiger partial charge < -0.3 is 5.73 Å². The maximum atomic E-state index is 10.9. The molecule has 17 nitrogen and oxygen atoms in total. The maximum Gasteiger partial charge on any atom is 0.280 e. The number of nitrogen functional groups attached to an aromatic ring is 1. The molecule has 0 radical (unpaired) electrons. The lowest BCUT2D eigenvalue weighted by Crippen LogP contribution is -2.13. The Hall–Kier alpha value is -4.08. The smallest absolute Gasteiger partial charge is 0.280 e. The molecule has 0 spiro atoms. The van der Waals surface area contributed by atoms with Gasteiger partial charge in [-0.1, -0.05) is 33.6 Å². The van der Waals surface area contributed by atoms with E-state index in [-0.39, 0.29) is 21.0 Å². The van der Waals surface area contributed by atoms with Crippen LogP contribution in [-0.4, -0.2) is 64.4 Å². The van der Waals surface area contributed by atoms with Crippen LogP contribution in [-0.2, 0) is 57.3 Å². The van der Waals surface area contributed by atoms with Crippen molar-refractivity contribution >= 4 is 62.3 Å². The highest BCUT2D eigenvalue weighted by Crippen LogP contribution is 2.19. The van der Waals surface area contributed by atoms with E-state index in [2.05, 4.69) is 40.1 Å². The molecule has 0 aliphatic carbocycles. The number of rotatable bonds is 7. The summed E-state index contributed by atoms with van der Waals surface area (Å²) in [6.45, 7) is 20.5. The van der Waals surface area contributed by atoms with Crippen molar-refractivity contribution in [2.75, 3.05) is 5.73 Å². The summed E-state index contributed by atoms with van der Waals surface area (Å²) in [7, 11) is 0.814. The number of primary sulfonamides is 2. The summed E-state index contributed by atoms with van der Waals surface area (Å²) in [5, 5.41) is 24.8. The van der Waals surface area contributed by atoms with Crippen molar-refractivity contribution in [3.05, 3.63) is 66.8 Å². The van der Waals surface area contributed by atoms with Crippen LogP contribution in [0, 0.1) is 0 Å². The van der Waals surface area contributed by atoms with Crippen LogP contribution in [0.25, 0.3) is 16.7 Å². The van der Waals surface area contributed by atoms with Gasteiger partial charge in [-0.15, -0.1) is 0 Å². The van der Waals surface area contributed by atoms with E-state index in [1.54, 1.807) is 39.7 Å². The van der Waals surface area contributed by atoms with Gasteiger partial charge in [-0.25, -0.2) is 35.5 Å². The van der Waals surface area contributed by atoms with Crippen molar-refractivity contribution in [2.45, 2.75) is 55.6 Å². The average Bonchev–Trinajstić information content (AvgIpc) is 3.69. The van der Waals surface area contributed by atoms with Crippen LogP contribution in [0.4, 0.5) is 5.82 Å². The van der Waals surface area contributed by atoms with E-state index < -0.39 is 29.1 Å². The van der Waals surface area contributed by atoms with Gasteiger partial charge in [0, 0.05) is 68.8 Å². The standard InChI is InChI=1S/C7H9ClN2O2S.C7H13N3O2S.C7H11N3O2S.C7H11N3/c3*1-5(2)6-4-7(9-10(6)3)13(8,11)12;1-5(2)6-4-7(8)9-10(6)3/h4H,1H2,2-3H3;4-5H,1-3H3,(H2,8,11,12);4H,1H2,2-3H3,(H2,8,11,12);4H,1H2,2-3H3,(H2,8,9). The molecule has 0 saturated heterocycles. The highest BCUT2D eigenvalue weighted by molar-refractivity contribution is 8.13. The molecule has 0 aliphatic heterocycles. The topological polar surface area (TPSA) is 252 Å². The molecule has 4 rings (SSSR count). The molecule has 0 bridgehead atoms. The summed E-state index contributed by atoms with van der Waals surface area (Å²) in [4.78, 5) is 0. The Labute approximate surface area is 292 Å². The van der Waals surface area contributed by atoms with E-state index in [9.17, 15) is 25.3 Å². The largest absolute Gasteiger partial charge is 0.382 e. The second-order valence-electron chi connectivity index (χ2n) is 11.1. The molecule has 0 saturated carbocycles. The lowest BCUT2D eigenvalue weighted by molar-refractivity contribution is 0.587. The molecular formula is C28H44ClN11O6S3. The Bertz CT molecular complexity index is 2090. The third-order valence-corrected chi connectivity index (χ3v) is 8.98. The van der Waals surface area contributed by atoms with Gasteiger partial charge in [-0.05, 0) is 43.4 Å². The fourth-order valence-electron chi connectivity index (χ4n) is 3.96. The molecule has 6 N–H and O–H groups in total. The zero-order chi connectivity index (χ0) is 38.4. The first-order valence-corrected chi connectivity index (χ1v) is 19.4. The lowest BCUT2D eigenvalue weighted by atomic mass is 10.1. The molecule has 21 heteroatoms. The molecular weight excluding hydrogens is 718 g/mol. The second kappa shape index (κ2) is 16.5. The summed E-state index contributed by atoms with van der Waals surface area (Å²) in [6, 6.07) is 6.10. The molecule has 0 aromatic carbocycles. The fourth-order valence-corrected chi connectivity index (χ4v) is 5.69. The summed E-state index contributed by atoms with van der Waals surface area (Å²) < 4.78 is 71.5. The van der Waals surface area contributed by atoms with Crippen LogP contribution < -0.4 is 16.0 Å². The van der Waals surface area contributed by atoms with Crippen molar-refractivity contribution in [3.8, 4) is 0 Å². The highest BCUT2D eigenvalue weighted by Gasteiger charge is 2.18. The van der Waals surface area contributed by atoms with Gasteiger partial charge in [0.05, 0.1) is 17.1 Å². The van der Waals surface area contributed by atoms with E-state index in [1.165, 1.54) is 32.2 Å². The summed E-state index contributed by atoms with van der Waals surface area (Å²) in [6.07, 6.45) is 0. The fraction of sp³-hybridized carbons (Fsp3) is 0.357. The van der Waals surface area contributed by atoms with Gasteiger partial charge in [0.15, 0.2) is 15.1 Å². The van der Waals surface area contributed by atoms with Gasteiger partial charge in [0.25, 0.3) is 29.1 Å². The monoisotopic (exact) mass is 761 g/mol. The van der Waals surface area contributed by atoms with E-state index in [0.717, 1.165) is 28.1 Å². The summed E-state index contributed by atoms with van der Waals surface area (Å²) >= 11 is 0. The highest BCUT2D eigenvalue weighted by atomic mass is 35.7. The molecule has 0 fully saturated rings. The molecule has 0 aliphatic rings. The number of aryl methyl sites for hydroxylation is 4. The number of aromatic nitrogens is 8. The third kappa shape index (κ3) is 12.7. The number of allylic oxidation sites excluding steroid dienone is 3. The van der Waals surface area contributed by atoms with E-state index in [4.69, 9.17) is 26.7 Å². The van der Waals surface area contributed by atoms with E-state index >= 15 is 0 Å². The first-order chi connectivity index (χ1) is 22.1. The van der Waals surface area contributed by atoms with E-state index in [1.807, 2.05) is 33.9 Å². The van der Waals surface area contributed by atoms with Crippen molar-refractivity contribution in [1.29, 1.82) is 0 Å². The molecule has 0 amide bonds. The minimum absolute atomic E-state index is 0.0706. The van der Waals surface area contributed by atoms with Crippen molar-refractivity contribution in [3.63, 3.8) is 0 Å². The third-order valence-electron chi connectivity index (χ3n) is 6.24.